The van der Waals surface area contributed by atoms with E-state index in [1.54, 1.807) is 13.8 Å². The molecule has 0 unspecified atom stereocenters. The molecule has 0 saturated heterocycles. The summed E-state index contributed by atoms with van der Waals surface area (Å²) in [6.07, 6.45) is 2.06. The third kappa shape index (κ3) is 5.18. The molecule has 10 heteroatoms. The van der Waals surface area contributed by atoms with Crippen molar-refractivity contribution in [1.82, 2.24) is 9.55 Å². The smallest absolute Gasteiger partial charge is 0.393 e. The fraction of sp³-hybridized carbons (Fsp3) is 0.211. The minimum Gasteiger partial charge on any atom is -0.393 e. The Morgan fingerprint density at radius 2 is 2.03 bits per heavy atom. The summed E-state index contributed by atoms with van der Waals surface area (Å²) in [6, 6.07) is 4.88. The molecule has 0 atom stereocenters. The predicted molar refractivity (Wildman–Crippen MR) is 106 cm³/mol. The first-order chi connectivity index (χ1) is 13.7. The summed E-state index contributed by atoms with van der Waals surface area (Å²) in [7, 11) is 0. The number of thiazole rings is 1. The molecule has 0 aliphatic heterocycles. The van der Waals surface area contributed by atoms with Gasteiger partial charge in [-0.15, -0.1) is 0 Å². The molecular formula is C19H16ClF2N3O3S. The van der Waals surface area contributed by atoms with Gasteiger partial charge in [-0.2, -0.15) is 0 Å². The summed E-state index contributed by atoms with van der Waals surface area (Å²) in [4.78, 5) is 28.4. The number of carbonyl (C=O) groups is 2. The van der Waals surface area contributed by atoms with Crippen LogP contribution in [0.5, 0.6) is 5.88 Å². The van der Waals surface area contributed by atoms with Crippen molar-refractivity contribution in [2.75, 3.05) is 5.32 Å². The van der Waals surface area contributed by atoms with E-state index in [2.05, 4.69) is 10.3 Å². The Hall–Kier alpha value is -2.78. The van der Waals surface area contributed by atoms with Crippen molar-refractivity contribution < 1.29 is 23.1 Å². The molecule has 6 nitrogen and oxygen atoms in total. The number of ketones is 1. The van der Waals surface area contributed by atoms with Crippen molar-refractivity contribution in [2.45, 2.75) is 20.4 Å². The summed E-state index contributed by atoms with van der Waals surface area (Å²) in [6.45, 7) is 3.55. The number of halogens is 3. The van der Waals surface area contributed by atoms with Gasteiger partial charge < -0.3 is 9.30 Å². The van der Waals surface area contributed by atoms with E-state index < -0.39 is 17.7 Å². The van der Waals surface area contributed by atoms with Gasteiger partial charge in [0.1, 0.15) is 4.34 Å². The van der Waals surface area contributed by atoms with Gasteiger partial charge in [0.15, 0.2) is 22.5 Å². The van der Waals surface area contributed by atoms with Crippen LogP contribution in [0.25, 0.3) is 0 Å². The highest BCUT2D eigenvalue weighted by molar-refractivity contribution is 7.19. The average Bonchev–Trinajstić information content (AvgIpc) is 3.23. The Bertz CT molecular complexity index is 1060. The Morgan fingerprint density at radius 1 is 1.28 bits per heavy atom. The van der Waals surface area contributed by atoms with Crippen LogP contribution >= 0.6 is 22.9 Å². The fourth-order valence-electron chi connectivity index (χ4n) is 2.52. The van der Waals surface area contributed by atoms with E-state index in [0.29, 0.717) is 15.5 Å². The average molecular weight is 440 g/mol. The predicted octanol–water partition coefficient (Wildman–Crippen LogP) is 5.37. The molecule has 0 bridgehead atoms. The van der Waals surface area contributed by atoms with Crippen molar-refractivity contribution in [3.63, 3.8) is 0 Å². The molecule has 1 amide bonds. The summed E-state index contributed by atoms with van der Waals surface area (Å²) in [5.41, 5.74) is 0.766. The number of nitrogens with one attached hydrogen (secondary N) is 1. The number of amides is 1. The molecule has 0 fully saturated rings. The fourth-order valence-corrected chi connectivity index (χ4v) is 3.32. The van der Waals surface area contributed by atoms with Crippen LogP contribution in [0.4, 0.5) is 18.7 Å². The molecule has 3 rings (SSSR count). The number of carbonyl (C=O) groups excluding carboxylic acids is 2. The van der Waals surface area contributed by atoms with Crippen LogP contribution in [0, 0.1) is 17.6 Å². The number of rotatable bonds is 6. The quantitative estimate of drug-likeness (QED) is 0.524. The number of anilines is 1. The third-order valence-corrected chi connectivity index (χ3v) is 4.92. The molecule has 0 aliphatic rings. The molecule has 29 heavy (non-hydrogen) atoms. The van der Waals surface area contributed by atoms with Crippen molar-refractivity contribution in [2.24, 2.45) is 5.92 Å². The molecule has 1 aromatic carbocycles. The number of ether oxygens (including phenoxy) is 1. The first-order valence-electron chi connectivity index (χ1n) is 8.51. The molecule has 0 aliphatic carbocycles. The van der Waals surface area contributed by atoms with Crippen LogP contribution in [0.2, 0.25) is 4.34 Å². The molecule has 1 N–H and O–H groups in total. The summed E-state index contributed by atoms with van der Waals surface area (Å²) < 4.78 is 33.9. The van der Waals surface area contributed by atoms with Crippen molar-refractivity contribution in [1.29, 1.82) is 0 Å². The molecule has 152 valence electrons. The van der Waals surface area contributed by atoms with E-state index >= 15 is 0 Å². The van der Waals surface area contributed by atoms with Crippen molar-refractivity contribution in [3.05, 3.63) is 63.8 Å². The summed E-state index contributed by atoms with van der Waals surface area (Å²) in [5.74, 6) is -2.30. The topological polar surface area (TPSA) is 73.2 Å². The second kappa shape index (κ2) is 8.71. The maximum absolute atomic E-state index is 13.5. The lowest BCUT2D eigenvalue weighted by Crippen LogP contribution is -2.18. The number of hydrogen-bond acceptors (Lipinski definition) is 5. The highest BCUT2D eigenvalue weighted by atomic mass is 35.5. The minimum absolute atomic E-state index is 0.0638. The lowest BCUT2D eigenvalue weighted by molar-refractivity contribution is 0.0939. The van der Waals surface area contributed by atoms with Gasteiger partial charge >= 0.3 is 6.09 Å². The summed E-state index contributed by atoms with van der Waals surface area (Å²) in [5, 5.41) is 2.68. The SMILES string of the molecule is CC(C)C(=O)c1cc(OC(=O)Nc2ncc(Cl)s2)n(Cc2ccc(F)c(F)c2)c1. The van der Waals surface area contributed by atoms with Gasteiger partial charge in [0.25, 0.3) is 0 Å². The second-order valence-electron chi connectivity index (χ2n) is 6.45. The van der Waals surface area contributed by atoms with Gasteiger partial charge in [0.2, 0.25) is 5.88 Å². The minimum atomic E-state index is -0.992. The van der Waals surface area contributed by atoms with Crippen LogP contribution in [0.1, 0.15) is 29.8 Å². The highest BCUT2D eigenvalue weighted by Gasteiger charge is 2.19. The Labute approximate surface area is 174 Å². The van der Waals surface area contributed by atoms with E-state index in [1.807, 2.05) is 0 Å². The van der Waals surface area contributed by atoms with E-state index in [4.69, 9.17) is 16.3 Å². The van der Waals surface area contributed by atoms with Gasteiger partial charge in [-0.25, -0.2) is 18.6 Å². The van der Waals surface area contributed by atoms with Gasteiger partial charge in [0.05, 0.1) is 12.7 Å². The van der Waals surface area contributed by atoms with Crippen LogP contribution in [-0.2, 0) is 6.54 Å². The zero-order valence-electron chi connectivity index (χ0n) is 15.4. The standard InChI is InChI=1S/C19H16ClF2N3O3S/c1-10(2)17(26)12-6-16(28-19(27)24-18-23-7-15(20)29-18)25(9-12)8-11-3-4-13(21)14(22)5-11/h3-7,9-10H,8H2,1-2H3,(H,23,24,27). The number of hydrogen-bond donors (Lipinski definition) is 1. The maximum atomic E-state index is 13.5. The van der Waals surface area contributed by atoms with Crippen LogP contribution in [0.3, 0.4) is 0 Å². The number of aromatic nitrogens is 2. The van der Waals surface area contributed by atoms with Crippen LogP contribution in [0.15, 0.2) is 36.7 Å². The molecular weight excluding hydrogens is 424 g/mol. The number of nitrogens with zero attached hydrogens (tertiary/aromatic N) is 2. The van der Waals surface area contributed by atoms with Gasteiger partial charge in [-0.1, -0.05) is 42.9 Å². The Morgan fingerprint density at radius 3 is 2.66 bits per heavy atom. The first-order valence-corrected chi connectivity index (χ1v) is 9.71. The van der Waals surface area contributed by atoms with Crippen LogP contribution in [-0.4, -0.2) is 21.4 Å². The summed E-state index contributed by atoms with van der Waals surface area (Å²) >= 11 is 6.83. The lowest BCUT2D eigenvalue weighted by atomic mass is 10.0. The van der Waals surface area contributed by atoms with Crippen molar-refractivity contribution >= 4 is 39.9 Å². The molecule has 2 heterocycles. The monoisotopic (exact) mass is 439 g/mol. The maximum Gasteiger partial charge on any atom is 0.420 e. The molecule has 0 radical (unpaired) electrons. The molecule has 3 aromatic rings. The zero-order chi connectivity index (χ0) is 21.1. The number of benzene rings is 1. The largest absolute Gasteiger partial charge is 0.420 e. The Balaban J connectivity index is 1.85. The van der Waals surface area contributed by atoms with Crippen molar-refractivity contribution in [3.8, 4) is 5.88 Å². The molecule has 0 saturated carbocycles. The molecule has 2 aromatic heterocycles. The molecule has 0 spiro atoms. The van der Waals surface area contributed by atoms with E-state index in [0.717, 1.165) is 23.5 Å². The normalized spacial score (nSPS) is 11.0. The second-order valence-corrected chi connectivity index (χ2v) is 8.11. The van der Waals surface area contributed by atoms with Gasteiger partial charge in [-0.05, 0) is 17.7 Å². The Kier molecular flexibility index (Phi) is 6.29. The highest BCUT2D eigenvalue weighted by Crippen LogP contribution is 2.25. The first kappa shape index (κ1) is 20.9. The van der Waals surface area contributed by atoms with Gasteiger partial charge in [0, 0.05) is 23.7 Å². The van der Waals surface area contributed by atoms with E-state index in [-0.39, 0.29) is 29.3 Å². The number of Topliss-reactive ketones (excluding diaryl/α,β-unsaturated/α-hetero) is 1. The van der Waals surface area contributed by atoms with E-state index in [9.17, 15) is 18.4 Å². The zero-order valence-corrected chi connectivity index (χ0v) is 17.0. The van der Waals surface area contributed by atoms with E-state index in [1.165, 1.54) is 29.1 Å². The van der Waals surface area contributed by atoms with Crippen LogP contribution < -0.4 is 10.1 Å². The lowest BCUT2D eigenvalue weighted by Gasteiger charge is -2.10. The third-order valence-electron chi connectivity index (χ3n) is 3.89. The van der Waals surface area contributed by atoms with Gasteiger partial charge in [-0.3, -0.25) is 10.1 Å².